The van der Waals surface area contributed by atoms with E-state index < -0.39 is 0 Å². The molecule has 0 aliphatic carbocycles. The van der Waals surface area contributed by atoms with Crippen molar-refractivity contribution in [1.82, 2.24) is 10.2 Å². The normalized spacial score (nSPS) is 21.0. The van der Waals surface area contributed by atoms with E-state index in [1.807, 2.05) is 18.2 Å². The minimum Gasteiger partial charge on any atom is -0.491 e. The number of hydrogen-bond acceptors (Lipinski definition) is 5. The number of ether oxygens (including phenoxy) is 3. The summed E-state index contributed by atoms with van der Waals surface area (Å²) in [5.41, 5.74) is 1.18. The maximum absolute atomic E-state index is 12.2. The Bertz CT molecular complexity index is 629. The highest BCUT2D eigenvalue weighted by Crippen LogP contribution is 2.24. The Labute approximate surface area is 142 Å². The molecule has 3 rings (SSSR count). The second-order valence-electron chi connectivity index (χ2n) is 6.11. The van der Waals surface area contributed by atoms with Crippen LogP contribution in [0, 0.1) is 0 Å². The third-order valence-electron chi connectivity index (χ3n) is 4.10. The Morgan fingerprint density at radius 1 is 1.29 bits per heavy atom. The van der Waals surface area contributed by atoms with Gasteiger partial charge in [0.1, 0.15) is 30.8 Å². The number of nitrogens with zero attached hydrogens (tertiary/aromatic N) is 1. The Hall–Kier alpha value is -2.21. The molecule has 1 atom stereocenters. The van der Waals surface area contributed by atoms with E-state index in [9.17, 15) is 4.79 Å². The molecule has 1 aromatic carbocycles. The van der Waals surface area contributed by atoms with Gasteiger partial charge in [0.05, 0.1) is 0 Å². The minimum atomic E-state index is -0.216. The van der Waals surface area contributed by atoms with Gasteiger partial charge in [0.15, 0.2) is 0 Å². The molecule has 1 N–H and O–H groups in total. The first kappa shape index (κ1) is 16.6. The number of nitrogens with one attached hydrogen (secondary N) is 1. The molecule has 0 unspecified atom stereocenters. The first-order chi connectivity index (χ1) is 11.6. The van der Waals surface area contributed by atoms with Crippen LogP contribution in [0.5, 0.6) is 5.75 Å². The molecule has 0 saturated carbocycles. The second-order valence-corrected chi connectivity index (χ2v) is 6.11. The molecule has 6 nitrogen and oxygen atoms in total. The van der Waals surface area contributed by atoms with E-state index in [4.69, 9.17) is 14.2 Å². The van der Waals surface area contributed by atoms with Crippen LogP contribution in [0.15, 0.2) is 35.8 Å². The second kappa shape index (κ2) is 7.57. The van der Waals surface area contributed by atoms with E-state index in [0.29, 0.717) is 31.3 Å². The van der Waals surface area contributed by atoms with Crippen LogP contribution in [-0.2, 0) is 20.8 Å². The number of carbonyl (C=O) groups is 1. The van der Waals surface area contributed by atoms with Crippen molar-refractivity contribution in [3.63, 3.8) is 0 Å². The molecule has 2 heterocycles. The summed E-state index contributed by atoms with van der Waals surface area (Å²) in [5.74, 6) is 1.57. The highest BCUT2D eigenvalue weighted by Gasteiger charge is 2.21. The molecule has 0 bridgehead atoms. The van der Waals surface area contributed by atoms with E-state index in [1.54, 1.807) is 6.92 Å². The molecule has 1 amide bonds. The lowest BCUT2D eigenvalue weighted by atomic mass is 10.2. The van der Waals surface area contributed by atoms with Crippen LogP contribution in [0.1, 0.15) is 19.4 Å². The fraction of sp³-hybridized carbons (Fsp3) is 0.500. The number of fused-ring (bicyclic) bond motifs is 1. The van der Waals surface area contributed by atoms with Gasteiger partial charge < -0.3 is 19.5 Å². The van der Waals surface area contributed by atoms with Crippen LogP contribution < -0.4 is 10.1 Å². The van der Waals surface area contributed by atoms with Gasteiger partial charge >= 0.3 is 0 Å². The standard InChI is InChI=1S/C18H24N2O4/c1-13-11-20(12-15-5-3-4-6-16(15)24-13)8-7-19-18(21)17-14(2)22-9-10-23-17/h3-6,13H,7-12H2,1-2H3,(H,19,21)/t13-/m1/s1. The summed E-state index contributed by atoms with van der Waals surface area (Å²) >= 11 is 0. The fourth-order valence-corrected chi connectivity index (χ4v) is 2.98. The lowest BCUT2D eigenvalue weighted by Gasteiger charge is -2.23. The predicted octanol–water partition coefficient (Wildman–Crippen LogP) is 1.66. The van der Waals surface area contributed by atoms with Gasteiger partial charge in [-0.25, -0.2) is 0 Å². The average molecular weight is 332 g/mol. The van der Waals surface area contributed by atoms with E-state index >= 15 is 0 Å². The van der Waals surface area contributed by atoms with Crippen molar-refractivity contribution < 1.29 is 19.0 Å². The average Bonchev–Trinajstić information content (AvgIpc) is 2.72. The van der Waals surface area contributed by atoms with Crippen LogP contribution in [0.25, 0.3) is 0 Å². The minimum absolute atomic E-state index is 0.115. The summed E-state index contributed by atoms with van der Waals surface area (Å²) in [5, 5.41) is 2.91. The summed E-state index contributed by atoms with van der Waals surface area (Å²) in [6.45, 7) is 7.66. The molecule has 2 aliphatic rings. The van der Waals surface area contributed by atoms with Gasteiger partial charge in [-0.05, 0) is 19.9 Å². The van der Waals surface area contributed by atoms with Gasteiger partial charge in [0, 0.05) is 31.7 Å². The molecule has 0 aromatic heterocycles. The van der Waals surface area contributed by atoms with Crippen molar-refractivity contribution in [2.24, 2.45) is 0 Å². The first-order valence-corrected chi connectivity index (χ1v) is 8.35. The maximum Gasteiger partial charge on any atom is 0.289 e. The SMILES string of the molecule is CC1=C(C(=O)NCCN2Cc3ccccc3O[C@H](C)C2)OCCO1. The van der Waals surface area contributed by atoms with Crippen molar-refractivity contribution in [2.75, 3.05) is 32.8 Å². The number of hydrogen-bond donors (Lipinski definition) is 1. The number of allylic oxidation sites excluding steroid dienone is 1. The first-order valence-electron chi connectivity index (χ1n) is 8.35. The summed E-state index contributed by atoms with van der Waals surface area (Å²) in [4.78, 5) is 14.5. The van der Waals surface area contributed by atoms with Gasteiger partial charge in [0.25, 0.3) is 5.91 Å². The zero-order valence-corrected chi connectivity index (χ0v) is 14.2. The lowest BCUT2D eigenvalue weighted by molar-refractivity contribution is -0.122. The fourth-order valence-electron chi connectivity index (χ4n) is 2.98. The van der Waals surface area contributed by atoms with Gasteiger partial charge in [-0.15, -0.1) is 0 Å². The number of para-hydroxylation sites is 1. The molecular formula is C18H24N2O4. The zero-order valence-electron chi connectivity index (χ0n) is 14.2. The smallest absolute Gasteiger partial charge is 0.289 e. The Kier molecular flexibility index (Phi) is 5.25. The summed E-state index contributed by atoms with van der Waals surface area (Å²) in [6, 6.07) is 8.10. The lowest BCUT2D eigenvalue weighted by Crippen LogP contribution is -2.39. The van der Waals surface area contributed by atoms with Crippen molar-refractivity contribution in [3.8, 4) is 5.75 Å². The number of amides is 1. The maximum atomic E-state index is 12.2. The van der Waals surface area contributed by atoms with Crippen LogP contribution in [0.2, 0.25) is 0 Å². The molecule has 2 aliphatic heterocycles. The van der Waals surface area contributed by atoms with Gasteiger partial charge in [-0.2, -0.15) is 0 Å². The molecule has 6 heteroatoms. The van der Waals surface area contributed by atoms with Crippen molar-refractivity contribution in [2.45, 2.75) is 26.5 Å². The summed E-state index contributed by atoms with van der Waals surface area (Å²) < 4.78 is 16.7. The van der Waals surface area contributed by atoms with E-state index in [0.717, 1.165) is 25.4 Å². The van der Waals surface area contributed by atoms with Gasteiger partial charge in [0.2, 0.25) is 5.76 Å². The monoisotopic (exact) mass is 332 g/mol. The molecule has 0 radical (unpaired) electrons. The van der Waals surface area contributed by atoms with Crippen molar-refractivity contribution in [3.05, 3.63) is 41.3 Å². The highest BCUT2D eigenvalue weighted by atomic mass is 16.6. The van der Waals surface area contributed by atoms with Crippen molar-refractivity contribution >= 4 is 5.91 Å². The molecule has 0 fully saturated rings. The Morgan fingerprint density at radius 3 is 2.92 bits per heavy atom. The highest BCUT2D eigenvalue weighted by molar-refractivity contribution is 5.91. The Morgan fingerprint density at radius 2 is 2.08 bits per heavy atom. The van der Waals surface area contributed by atoms with Crippen LogP contribution in [0.3, 0.4) is 0 Å². The number of carbonyl (C=O) groups excluding carboxylic acids is 1. The Balaban J connectivity index is 1.54. The molecule has 1 aromatic rings. The zero-order chi connectivity index (χ0) is 16.9. The number of rotatable bonds is 4. The van der Waals surface area contributed by atoms with Crippen LogP contribution in [-0.4, -0.2) is 49.8 Å². The number of benzene rings is 1. The van der Waals surface area contributed by atoms with E-state index in [1.165, 1.54) is 5.56 Å². The van der Waals surface area contributed by atoms with Crippen LogP contribution in [0.4, 0.5) is 0 Å². The molecule has 24 heavy (non-hydrogen) atoms. The van der Waals surface area contributed by atoms with E-state index in [2.05, 4.69) is 23.2 Å². The third kappa shape index (κ3) is 4.00. The summed E-state index contributed by atoms with van der Waals surface area (Å²) in [6.07, 6.45) is 0.115. The van der Waals surface area contributed by atoms with Crippen LogP contribution >= 0.6 is 0 Å². The van der Waals surface area contributed by atoms with Gasteiger partial charge in [-0.3, -0.25) is 9.69 Å². The topological polar surface area (TPSA) is 60.0 Å². The largest absolute Gasteiger partial charge is 0.491 e. The quantitative estimate of drug-likeness (QED) is 0.909. The molecule has 130 valence electrons. The molecular weight excluding hydrogens is 308 g/mol. The summed E-state index contributed by atoms with van der Waals surface area (Å²) in [7, 11) is 0. The van der Waals surface area contributed by atoms with E-state index in [-0.39, 0.29) is 12.0 Å². The molecule has 0 spiro atoms. The molecule has 0 saturated heterocycles. The predicted molar refractivity (Wildman–Crippen MR) is 89.4 cm³/mol. The third-order valence-corrected chi connectivity index (χ3v) is 4.10. The van der Waals surface area contributed by atoms with Gasteiger partial charge in [-0.1, -0.05) is 18.2 Å². The van der Waals surface area contributed by atoms with Crippen molar-refractivity contribution in [1.29, 1.82) is 0 Å².